The predicted molar refractivity (Wildman–Crippen MR) is 44.0 cm³/mol. The smallest absolute Gasteiger partial charge is 0.349 e. The second-order valence-electron chi connectivity index (χ2n) is 1.83. The number of hydrogen-bond donors (Lipinski definition) is 0. The molecule has 56 valence electrons. The van der Waals surface area contributed by atoms with Crippen LogP contribution in [0.1, 0.15) is 13.8 Å². The Kier molecular flexibility index (Phi) is 3.88. The summed E-state index contributed by atoms with van der Waals surface area (Å²) in [4.78, 5) is 10.9. The molecular formula is C7H10O2S. The van der Waals surface area contributed by atoms with Crippen molar-refractivity contribution in [3.05, 3.63) is 12.2 Å². The average Bonchev–Trinajstić information content (AvgIpc) is 1.87. The second-order valence-corrected chi connectivity index (χ2v) is 2.24. The molecule has 0 unspecified atom stereocenters. The van der Waals surface area contributed by atoms with Crippen molar-refractivity contribution in [1.29, 1.82) is 0 Å². The van der Waals surface area contributed by atoms with Gasteiger partial charge in [0.25, 0.3) is 0 Å². The van der Waals surface area contributed by atoms with Crippen molar-refractivity contribution in [2.75, 3.05) is 6.61 Å². The fourth-order valence-corrected chi connectivity index (χ4v) is 0.430. The van der Waals surface area contributed by atoms with Gasteiger partial charge in [0, 0.05) is 0 Å². The molecule has 0 aromatic rings. The molecule has 0 radical (unpaired) electrons. The van der Waals surface area contributed by atoms with Gasteiger partial charge in [0.05, 0.1) is 6.61 Å². The van der Waals surface area contributed by atoms with Crippen LogP contribution in [-0.4, -0.2) is 17.4 Å². The maximum atomic E-state index is 10.8. The largest absolute Gasteiger partial charge is 0.462 e. The van der Waals surface area contributed by atoms with E-state index >= 15 is 0 Å². The molecule has 0 aromatic heterocycles. The fraction of sp³-hybridized carbons (Fsp3) is 0.429. The Morgan fingerprint density at radius 1 is 1.70 bits per heavy atom. The Hall–Kier alpha value is -0.700. The van der Waals surface area contributed by atoms with Crippen LogP contribution in [0.15, 0.2) is 12.2 Å². The fourth-order valence-electron chi connectivity index (χ4n) is 0.371. The number of carbonyl (C=O) groups is 1. The van der Waals surface area contributed by atoms with Crippen molar-refractivity contribution in [2.45, 2.75) is 13.8 Å². The Morgan fingerprint density at radius 2 is 2.20 bits per heavy atom. The van der Waals surface area contributed by atoms with Gasteiger partial charge >= 0.3 is 5.97 Å². The molecule has 0 saturated heterocycles. The molecule has 0 aliphatic heterocycles. The van der Waals surface area contributed by atoms with Crippen molar-refractivity contribution >= 4 is 23.1 Å². The lowest BCUT2D eigenvalue weighted by atomic mass is 10.2. The van der Waals surface area contributed by atoms with Crippen LogP contribution in [0.2, 0.25) is 0 Å². The van der Waals surface area contributed by atoms with Crippen LogP contribution in [-0.2, 0) is 9.53 Å². The molecule has 0 bridgehead atoms. The van der Waals surface area contributed by atoms with Gasteiger partial charge in [0.15, 0.2) is 0 Å². The monoisotopic (exact) mass is 158 g/mol. The third kappa shape index (κ3) is 2.73. The molecule has 0 spiro atoms. The molecule has 10 heavy (non-hydrogen) atoms. The topological polar surface area (TPSA) is 26.3 Å². The first-order valence-corrected chi connectivity index (χ1v) is 3.37. The summed E-state index contributed by atoms with van der Waals surface area (Å²) >= 11 is 4.69. The SMILES string of the molecule is C=C(C)C(=S)C(=O)OCC. The van der Waals surface area contributed by atoms with E-state index < -0.39 is 5.97 Å². The molecule has 2 nitrogen and oxygen atoms in total. The van der Waals surface area contributed by atoms with Gasteiger partial charge in [0.1, 0.15) is 4.86 Å². The van der Waals surface area contributed by atoms with Crippen LogP contribution in [0.4, 0.5) is 0 Å². The van der Waals surface area contributed by atoms with Crippen LogP contribution in [0, 0.1) is 0 Å². The number of rotatable bonds is 3. The molecule has 0 heterocycles. The van der Waals surface area contributed by atoms with Gasteiger partial charge in [-0.1, -0.05) is 18.8 Å². The van der Waals surface area contributed by atoms with E-state index in [2.05, 4.69) is 11.3 Å². The number of ether oxygens (including phenoxy) is 1. The summed E-state index contributed by atoms with van der Waals surface area (Å²) in [5.41, 5.74) is 0.577. The van der Waals surface area contributed by atoms with Gasteiger partial charge < -0.3 is 4.74 Å². The van der Waals surface area contributed by atoms with Crippen molar-refractivity contribution in [3.63, 3.8) is 0 Å². The van der Waals surface area contributed by atoms with Crippen LogP contribution in [0.25, 0.3) is 0 Å². The number of esters is 1. The minimum absolute atomic E-state index is 0.182. The predicted octanol–water partition coefficient (Wildman–Crippen LogP) is 1.50. The number of hydrogen-bond acceptors (Lipinski definition) is 3. The van der Waals surface area contributed by atoms with Gasteiger partial charge in [-0.05, 0) is 19.4 Å². The van der Waals surface area contributed by atoms with Gasteiger partial charge in [-0.15, -0.1) is 0 Å². The van der Waals surface area contributed by atoms with E-state index in [1.54, 1.807) is 13.8 Å². The molecule has 0 saturated carbocycles. The van der Waals surface area contributed by atoms with E-state index in [1.807, 2.05) is 0 Å². The first kappa shape index (κ1) is 9.30. The van der Waals surface area contributed by atoms with Crippen LogP contribution in [0.3, 0.4) is 0 Å². The normalized spacial score (nSPS) is 8.60. The average molecular weight is 158 g/mol. The zero-order valence-electron chi connectivity index (χ0n) is 6.14. The zero-order valence-corrected chi connectivity index (χ0v) is 6.96. The van der Waals surface area contributed by atoms with E-state index in [0.29, 0.717) is 12.2 Å². The van der Waals surface area contributed by atoms with Crippen LogP contribution in [0.5, 0.6) is 0 Å². The van der Waals surface area contributed by atoms with Gasteiger partial charge in [-0.2, -0.15) is 0 Å². The molecule has 0 N–H and O–H groups in total. The third-order valence-electron chi connectivity index (χ3n) is 0.848. The quantitative estimate of drug-likeness (QED) is 0.353. The lowest BCUT2D eigenvalue weighted by Crippen LogP contribution is -2.15. The maximum Gasteiger partial charge on any atom is 0.349 e. The zero-order chi connectivity index (χ0) is 8.15. The molecule has 0 aromatic carbocycles. The van der Waals surface area contributed by atoms with E-state index in [0.717, 1.165) is 0 Å². The number of thiocarbonyl (C=S) groups is 1. The van der Waals surface area contributed by atoms with Crippen molar-refractivity contribution in [3.8, 4) is 0 Å². The summed E-state index contributed by atoms with van der Waals surface area (Å²) in [6.07, 6.45) is 0. The Bertz CT molecular complexity index is 172. The number of carbonyl (C=O) groups excluding carboxylic acids is 1. The van der Waals surface area contributed by atoms with Crippen LogP contribution >= 0.6 is 12.2 Å². The molecule has 0 fully saturated rings. The minimum atomic E-state index is -0.454. The van der Waals surface area contributed by atoms with E-state index in [4.69, 9.17) is 12.2 Å². The van der Waals surface area contributed by atoms with Crippen molar-refractivity contribution in [1.82, 2.24) is 0 Å². The third-order valence-corrected chi connectivity index (χ3v) is 1.36. The van der Waals surface area contributed by atoms with E-state index in [1.165, 1.54) is 0 Å². The summed E-state index contributed by atoms with van der Waals surface area (Å²) in [6.45, 7) is 7.28. The summed E-state index contributed by atoms with van der Waals surface area (Å²) in [7, 11) is 0. The van der Waals surface area contributed by atoms with Gasteiger partial charge in [0.2, 0.25) is 0 Å². The summed E-state index contributed by atoms with van der Waals surface area (Å²) in [5, 5.41) is 0. The van der Waals surface area contributed by atoms with Gasteiger partial charge in [-0.3, -0.25) is 0 Å². The molecule has 3 heteroatoms. The highest BCUT2D eigenvalue weighted by atomic mass is 32.1. The second kappa shape index (κ2) is 4.17. The molecule has 0 aliphatic rings. The summed E-state index contributed by atoms with van der Waals surface area (Å²) in [6, 6.07) is 0. The molecule has 0 rings (SSSR count). The summed E-state index contributed by atoms with van der Waals surface area (Å²) in [5.74, 6) is -0.454. The highest BCUT2D eigenvalue weighted by molar-refractivity contribution is 7.82. The lowest BCUT2D eigenvalue weighted by molar-refractivity contribution is -0.134. The van der Waals surface area contributed by atoms with Gasteiger partial charge in [-0.25, -0.2) is 4.79 Å². The first-order valence-electron chi connectivity index (χ1n) is 2.96. The van der Waals surface area contributed by atoms with E-state index in [-0.39, 0.29) is 4.86 Å². The standard InChI is InChI=1S/C7H10O2S/c1-4-9-7(8)6(10)5(2)3/h2,4H2,1,3H3. The molecular weight excluding hydrogens is 148 g/mol. The minimum Gasteiger partial charge on any atom is -0.462 e. The molecule has 0 aliphatic carbocycles. The van der Waals surface area contributed by atoms with Crippen molar-refractivity contribution in [2.24, 2.45) is 0 Å². The molecule has 0 atom stereocenters. The Balaban J connectivity index is 3.96. The maximum absolute atomic E-state index is 10.8. The van der Waals surface area contributed by atoms with Crippen molar-refractivity contribution < 1.29 is 9.53 Å². The highest BCUT2D eigenvalue weighted by Gasteiger charge is 2.08. The first-order chi connectivity index (χ1) is 4.59. The Labute approximate surface area is 65.9 Å². The van der Waals surface area contributed by atoms with Crippen LogP contribution < -0.4 is 0 Å². The summed E-state index contributed by atoms with van der Waals surface area (Å²) < 4.78 is 4.62. The Morgan fingerprint density at radius 3 is 2.50 bits per heavy atom. The highest BCUT2D eigenvalue weighted by Crippen LogP contribution is 1.95. The van der Waals surface area contributed by atoms with E-state index in [9.17, 15) is 4.79 Å². The molecule has 0 amide bonds. The lowest BCUT2D eigenvalue weighted by Gasteiger charge is -2.00.